The molecule has 0 bridgehead atoms. The molecule has 0 spiro atoms. The number of nitrogens with zero attached hydrogens (tertiary/aromatic N) is 1. The zero-order valence-electron chi connectivity index (χ0n) is 10.7. The molecular formula is C13H26N2O. The lowest BCUT2D eigenvalue weighted by molar-refractivity contribution is -0.134. The van der Waals surface area contributed by atoms with E-state index >= 15 is 0 Å². The van der Waals surface area contributed by atoms with Crippen molar-refractivity contribution in [2.45, 2.75) is 70.9 Å². The number of hydrogen-bond donors (Lipinski definition) is 1. The summed E-state index contributed by atoms with van der Waals surface area (Å²) in [6.45, 7) is 4.89. The van der Waals surface area contributed by atoms with Crippen molar-refractivity contribution in [3.8, 4) is 0 Å². The first-order valence-electron chi connectivity index (χ1n) is 6.70. The Labute approximate surface area is 99.4 Å². The zero-order chi connectivity index (χ0) is 12.0. The SMILES string of the molecule is CCN(C(=O)CCC(C)N)C1CCCCC1. The summed E-state index contributed by atoms with van der Waals surface area (Å²) in [4.78, 5) is 14.1. The fourth-order valence-corrected chi connectivity index (χ4v) is 2.53. The van der Waals surface area contributed by atoms with E-state index in [4.69, 9.17) is 5.73 Å². The van der Waals surface area contributed by atoms with Crippen LogP contribution in [0.5, 0.6) is 0 Å². The normalized spacial score (nSPS) is 19.4. The van der Waals surface area contributed by atoms with Crippen LogP contribution in [0.3, 0.4) is 0 Å². The Morgan fingerprint density at radius 1 is 1.38 bits per heavy atom. The summed E-state index contributed by atoms with van der Waals surface area (Å²) in [7, 11) is 0. The molecule has 1 fully saturated rings. The summed E-state index contributed by atoms with van der Waals surface area (Å²) in [5.74, 6) is 0.298. The van der Waals surface area contributed by atoms with Crippen LogP contribution >= 0.6 is 0 Å². The third-order valence-electron chi connectivity index (χ3n) is 3.49. The van der Waals surface area contributed by atoms with Gasteiger partial charge in [0.25, 0.3) is 0 Å². The summed E-state index contributed by atoms with van der Waals surface area (Å²) in [5, 5.41) is 0. The Balaban J connectivity index is 2.41. The minimum Gasteiger partial charge on any atom is -0.340 e. The van der Waals surface area contributed by atoms with Crippen LogP contribution in [0, 0.1) is 0 Å². The topological polar surface area (TPSA) is 46.3 Å². The lowest BCUT2D eigenvalue weighted by Crippen LogP contribution is -2.41. The predicted octanol–water partition coefficient (Wildman–Crippen LogP) is 2.29. The van der Waals surface area contributed by atoms with Crippen LogP contribution in [-0.4, -0.2) is 29.4 Å². The third-order valence-corrected chi connectivity index (χ3v) is 3.49. The van der Waals surface area contributed by atoms with Gasteiger partial charge in [-0.2, -0.15) is 0 Å². The maximum Gasteiger partial charge on any atom is 0.222 e. The van der Waals surface area contributed by atoms with Crippen LogP contribution in [-0.2, 0) is 4.79 Å². The molecule has 1 aliphatic carbocycles. The van der Waals surface area contributed by atoms with Crippen LogP contribution in [0.25, 0.3) is 0 Å². The molecule has 94 valence electrons. The Morgan fingerprint density at radius 3 is 2.50 bits per heavy atom. The Morgan fingerprint density at radius 2 is 2.00 bits per heavy atom. The van der Waals surface area contributed by atoms with E-state index < -0.39 is 0 Å². The van der Waals surface area contributed by atoms with E-state index in [1.165, 1.54) is 32.1 Å². The second-order valence-electron chi connectivity index (χ2n) is 4.99. The van der Waals surface area contributed by atoms with Crippen molar-refractivity contribution in [1.29, 1.82) is 0 Å². The molecule has 3 nitrogen and oxygen atoms in total. The van der Waals surface area contributed by atoms with E-state index in [0.29, 0.717) is 18.4 Å². The van der Waals surface area contributed by atoms with Gasteiger partial charge in [-0.1, -0.05) is 19.3 Å². The highest BCUT2D eigenvalue weighted by Crippen LogP contribution is 2.23. The molecule has 1 unspecified atom stereocenters. The Bertz CT molecular complexity index is 210. The second kappa shape index (κ2) is 6.89. The number of carbonyl (C=O) groups excluding carboxylic acids is 1. The fraction of sp³-hybridized carbons (Fsp3) is 0.923. The lowest BCUT2D eigenvalue weighted by Gasteiger charge is -2.33. The zero-order valence-corrected chi connectivity index (χ0v) is 10.7. The molecule has 1 amide bonds. The van der Waals surface area contributed by atoms with Gasteiger partial charge in [-0.15, -0.1) is 0 Å². The molecule has 0 heterocycles. The molecule has 0 aromatic heterocycles. The molecule has 3 heteroatoms. The maximum atomic E-state index is 12.0. The fourth-order valence-electron chi connectivity index (χ4n) is 2.53. The highest BCUT2D eigenvalue weighted by molar-refractivity contribution is 5.76. The van der Waals surface area contributed by atoms with Crippen molar-refractivity contribution in [3.63, 3.8) is 0 Å². The first kappa shape index (κ1) is 13.5. The van der Waals surface area contributed by atoms with Gasteiger partial charge in [-0.05, 0) is 33.1 Å². The minimum atomic E-state index is 0.133. The van der Waals surface area contributed by atoms with Gasteiger partial charge in [0.05, 0.1) is 0 Å². The van der Waals surface area contributed by atoms with Crippen LogP contribution < -0.4 is 5.73 Å². The number of carbonyl (C=O) groups is 1. The highest BCUT2D eigenvalue weighted by Gasteiger charge is 2.23. The number of rotatable bonds is 5. The summed E-state index contributed by atoms with van der Waals surface area (Å²) < 4.78 is 0. The molecule has 1 rings (SSSR count). The van der Waals surface area contributed by atoms with Crippen LogP contribution in [0.15, 0.2) is 0 Å². The van der Waals surface area contributed by atoms with E-state index in [1.54, 1.807) is 0 Å². The van der Waals surface area contributed by atoms with E-state index in [1.807, 2.05) is 6.92 Å². The van der Waals surface area contributed by atoms with E-state index in [-0.39, 0.29) is 6.04 Å². The summed E-state index contributed by atoms with van der Waals surface area (Å²) >= 11 is 0. The summed E-state index contributed by atoms with van der Waals surface area (Å²) in [6, 6.07) is 0.633. The first-order valence-corrected chi connectivity index (χ1v) is 6.70. The standard InChI is InChI=1S/C13H26N2O/c1-3-15(12-7-5-4-6-8-12)13(16)10-9-11(2)14/h11-12H,3-10,14H2,1-2H3. The maximum absolute atomic E-state index is 12.0. The first-order chi connectivity index (χ1) is 7.65. The predicted molar refractivity (Wildman–Crippen MR) is 67.1 cm³/mol. The average molecular weight is 226 g/mol. The van der Waals surface area contributed by atoms with E-state index in [9.17, 15) is 4.79 Å². The molecule has 1 atom stereocenters. The molecule has 2 N–H and O–H groups in total. The molecule has 0 saturated heterocycles. The number of nitrogens with two attached hydrogens (primary N) is 1. The third kappa shape index (κ3) is 4.12. The van der Waals surface area contributed by atoms with Crippen molar-refractivity contribution < 1.29 is 4.79 Å². The monoisotopic (exact) mass is 226 g/mol. The molecule has 16 heavy (non-hydrogen) atoms. The van der Waals surface area contributed by atoms with Gasteiger partial charge in [0.2, 0.25) is 5.91 Å². The number of hydrogen-bond acceptors (Lipinski definition) is 2. The van der Waals surface area contributed by atoms with Crippen LogP contribution in [0.2, 0.25) is 0 Å². The minimum absolute atomic E-state index is 0.133. The van der Waals surface area contributed by atoms with Crippen LogP contribution in [0.4, 0.5) is 0 Å². The van der Waals surface area contributed by atoms with Gasteiger partial charge in [0, 0.05) is 25.0 Å². The van der Waals surface area contributed by atoms with E-state index in [0.717, 1.165) is 13.0 Å². The summed E-state index contributed by atoms with van der Waals surface area (Å²) in [6.07, 6.45) is 7.70. The smallest absolute Gasteiger partial charge is 0.222 e. The van der Waals surface area contributed by atoms with Crippen molar-refractivity contribution in [2.75, 3.05) is 6.54 Å². The second-order valence-corrected chi connectivity index (χ2v) is 4.99. The van der Waals surface area contributed by atoms with Crippen molar-refractivity contribution >= 4 is 5.91 Å². The van der Waals surface area contributed by atoms with Crippen molar-refractivity contribution in [2.24, 2.45) is 5.73 Å². The quantitative estimate of drug-likeness (QED) is 0.782. The van der Waals surface area contributed by atoms with Crippen molar-refractivity contribution in [1.82, 2.24) is 4.90 Å². The van der Waals surface area contributed by atoms with Crippen molar-refractivity contribution in [3.05, 3.63) is 0 Å². The molecular weight excluding hydrogens is 200 g/mol. The lowest BCUT2D eigenvalue weighted by atomic mass is 9.94. The molecule has 0 aromatic carbocycles. The van der Waals surface area contributed by atoms with Gasteiger partial charge < -0.3 is 10.6 Å². The Kier molecular flexibility index (Phi) is 5.81. The molecule has 0 radical (unpaired) electrons. The molecule has 0 aliphatic heterocycles. The van der Waals surface area contributed by atoms with Gasteiger partial charge >= 0.3 is 0 Å². The summed E-state index contributed by atoms with van der Waals surface area (Å²) in [5.41, 5.74) is 5.69. The largest absolute Gasteiger partial charge is 0.340 e. The number of amides is 1. The van der Waals surface area contributed by atoms with Crippen LogP contribution in [0.1, 0.15) is 58.8 Å². The highest BCUT2D eigenvalue weighted by atomic mass is 16.2. The molecule has 0 aromatic rings. The molecule has 1 saturated carbocycles. The van der Waals surface area contributed by atoms with Gasteiger partial charge in [0.1, 0.15) is 0 Å². The van der Waals surface area contributed by atoms with E-state index in [2.05, 4.69) is 11.8 Å². The average Bonchev–Trinajstić information content (AvgIpc) is 2.29. The van der Waals surface area contributed by atoms with Gasteiger partial charge in [0.15, 0.2) is 0 Å². The Hall–Kier alpha value is -0.570. The van der Waals surface area contributed by atoms with Gasteiger partial charge in [-0.25, -0.2) is 0 Å². The van der Waals surface area contributed by atoms with Gasteiger partial charge in [-0.3, -0.25) is 4.79 Å². The molecule has 1 aliphatic rings.